The molecule has 0 spiro atoms. The summed E-state index contributed by atoms with van der Waals surface area (Å²) in [4.78, 5) is 17.5. The fraction of sp³-hybridized carbons (Fsp3) is 0.593. The van der Waals surface area contributed by atoms with Crippen molar-refractivity contribution in [2.75, 3.05) is 63.5 Å². The molecule has 1 saturated carbocycles. The van der Waals surface area contributed by atoms with Crippen LogP contribution in [0.1, 0.15) is 37.9 Å². The van der Waals surface area contributed by atoms with Crippen molar-refractivity contribution in [3.05, 3.63) is 36.2 Å². The number of fused-ring (bicyclic) bond motifs is 1. The van der Waals surface area contributed by atoms with Crippen molar-refractivity contribution in [3.63, 3.8) is 0 Å². The van der Waals surface area contributed by atoms with Gasteiger partial charge in [-0.3, -0.25) is 9.47 Å². The summed E-state index contributed by atoms with van der Waals surface area (Å²) in [5.74, 6) is 1.30. The molecule has 0 unspecified atom stereocenters. The molecule has 0 radical (unpaired) electrons. The van der Waals surface area contributed by atoms with E-state index >= 15 is 0 Å². The Bertz CT molecular complexity index is 1220. The molecule has 5 rings (SSSR count). The first-order valence-electron chi connectivity index (χ1n) is 13.5. The summed E-state index contributed by atoms with van der Waals surface area (Å²) in [5.41, 5.74) is 1.02. The van der Waals surface area contributed by atoms with Crippen LogP contribution in [-0.4, -0.2) is 89.7 Å². The monoisotopic (exact) mass is 549 g/mol. The number of hydrogen-bond donors (Lipinski definition) is 1. The van der Waals surface area contributed by atoms with Gasteiger partial charge in [0.2, 0.25) is 5.95 Å². The smallest absolute Gasteiger partial charge is 0.296 e. The van der Waals surface area contributed by atoms with Gasteiger partial charge in [0.15, 0.2) is 5.82 Å². The number of hydrogen-bond acceptors (Lipinski definition) is 7. The number of anilines is 2. The van der Waals surface area contributed by atoms with E-state index in [1.807, 2.05) is 4.90 Å². The fourth-order valence-corrected chi connectivity index (χ4v) is 5.55. The first-order valence-corrected chi connectivity index (χ1v) is 13.5. The molecule has 12 heteroatoms. The maximum Gasteiger partial charge on any atom is 0.296 e. The maximum atomic E-state index is 14.1. The number of aromatic nitrogens is 4. The van der Waals surface area contributed by atoms with Crippen LogP contribution in [-0.2, 0) is 4.74 Å². The van der Waals surface area contributed by atoms with Crippen LogP contribution >= 0.6 is 0 Å². The number of nitrogens with zero attached hydrogens (tertiary/aromatic N) is 6. The van der Waals surface area contributed by atoms with E-state index < -0.39 is 25.8 Å². The average molecular weight is 550 g/mol. The molecule has 0 amide bonds. The van der Waals surface area contributed by atoms with Gasteiger partial charge >= 0.3 is 0 Å². The van der Waals surface area contributed by atoms with Crippen molar-refractivity contribution in [1.82, 2.24) is 24.4 Å². The Hall–Kier alpha value is -2.99. The normalized spacial score (nSPS) is 20.5. The van der Waals surface area contributed by atoms with Crippen LogP contribution in [0.25, 0.3) is 16.9 Å². The molecule has 2 aromatic heterocycles. The van der Waals surface area contributed by atoms with Crippen molar-refractivity contribution in [3.8, 4) is 5.82 Å². The van der Waals surface area contributed by atoms with Gasteiger partial charge < -0.3 is 15.0 Å². The van der Waals surface area contributed by atoms with E-state index in [0.29, 0.717) is 67.4 Å². The van der Waals surface area contributed by atoms with E-state index in [4.69, 9.17) is 9.72 Å². The lowest BCUT2D eigenvalue weighted by molar-refractivity contribution is 0.0896. The molecule has 2 fully saturated rings. The van der Waals surface area contributed by atoms with Crippen LogP contribution in [0.5, 0.6) is 0 Å². The third-order valence-corrected chi connectivity index (χ3v) is 7.92. The minimum absolute atomic E-state index is 0.160. The van der Waals surface area contributed by atoms with E-state index in [0.717, 1.165) is 25.7 Å². The molecule has 0 atom stereocenters. The van der Waals surface area contributed by atoms with Crippen LogP contribution in [0.2, 0.25) is 0 Å². The minimum atomic E-state index is -2.78. The molecular weight excluding hydrogens is 514 g/mol. The van der Waals surface area contributed by atoms with Gasteiger partial charge in [-0.2, -0.15) is 9.97 Å². The van der Waals surface area contributed by atoms with E-state index in [9.17, 15) is 17.6 Å². The molecule has 1 aromatic carbocycles. The molecular formula is C27H35F4N7O. The van der Waals surface area contributed by atoms with Crippen molar-refractivity contribution in [1.29, 1.82) is 0 Å². The second kappa shape index (κ2) is 12.5. The number of halogens is 4. The Morgan fingerprint density at radius 3 is 2.38 bits per heavy atom. The number of morpholine rings is 1. The van der Waals surface area contributed by atoms with Crippen molar-refractivity contribution >= 4 is 22.8 Å². The highest BCUT2D eigenvalue weighted by molar-refractivity contribution is 5.78. The number of imidazole rings is 1. The molecule has 3 aromatic rings. The largest absolute Gasteiger partial charge is 0.378 e. The zero-order valence-electron chi connectivity index (χ0n) is 22.1. The van der Waals surface area contributed by atoms with Crippen LogP contribution in [0.3, 0.4) is 0 Å². The summed E-state index contributed by atoms with van der Waals surface area (Å²) < 4.78 is 61.3. The van der Waals surface area contributed by atoms with Gasteiger partial charge in [-0.1, -0.05) is 12.1 Å². The Labute approximate surface area is 225 Å². The molecule has 39 heavy (non-hydrogen) atoms. The number of benzene rings is 1. The first-order chi connectivity index (χ1) is 19.0. The summed E-state index contributed by atoms with van der Waals surface area (Å²) >= 11 is 0. The minimum Gasteiger partial charge on any atom is -0.378 e. The van der Waals surface area contributed by atoms with Gasteiger partial charge in [0.25, 0.3) is 6.43 Å². The number of rotatable bonds is 10. The lowest BCUT2D eigenvalue weighted by Crippen LogP contribution is -2.44. The van der Waals surface area contributed by atoms with E-state index in [-0.39, 0.29) is 11.9 Å². The molecule has 8 nitrogen and oxygen atoms in total. The summed E-state index contributed by atoms with van der Waals surface area (Å²) in [6, 6.07) is 8.22. The maximum absolute atomic E-state index is 14.1. The number of ether oxygens (including phenoxy) is 1. The van der Waals surface area contributed by atoms with E-state index in [2.05, 4.69) is 20.2 Å². The summed E-state index contributed by atoms with van der Waals surface area (Å²) in [7, 11) is 1.80. The Balaban J connectivity index is 1.37. The molecule has 1 aliphatic carbocycles. The zero-order valence-corrected chi connectivity index (χ0v) is 22.1. The first kappa shape index (κ1) is 27.6. The van der Waals surface area contributed by atoms with E-state index in [1.54, 1.807) is 37.4 Å². The number of alkyl halides is 4. The van der Waals surface area contributed by atoms with Gasteiger partial charge in [0, 0.05) is 31.7 Å². The number of nitrogens with one attached hydrogen (secondary N) is 1. The quantitative estimate of drug-likeness (QED) is 0.365. The molecule has 3 heterocycles. The van der Waals surface area contributed by atoms with Crippen LogP contribution in [0, 0.1) is 5.92 Å². The van der Waals surface area contributed by atoms with Crippen molar-refractivity contribution < 1.29 is 22.3 Å². The summed E-state index contributed by atoms with van der Waals surface area (Å²) in [6.07, 6.45) is 0.754. The highest BCUT2D eigenvalue weighted by Crippen LogP contribution is 2.31. The van der Waals surface area contributed by atoms with Crippen LogP contribution in [0.4, 0.5) is 29.3 Å². The summed E-state index contributed by atoms with van der Waals surface area (Å²) in [6.45, 7) is 1.63. The highest BCUT2D eigenvalue weighted by Gasteiger charge is 2.28. The topological polar surface area (TPSA) is 71.3 Å². The van der Waals surface area contributed by atoms with Gasteiger partial charge in [-0.25, -0.2) is 22.5 Å². The molecule has 1 saturated heterocycles. The Morgan fingerprint density at radius 2 is 1.69 bits per heavy atom. The van der Waals surface area contributed by atoms with E-state index in [1.165, 1.54) is 4.57 Å². The highest BCUT2D eigenvalue weighted by atomic mass is 19.3. The molecule has 1 aliphatic heterocycles. The molecule has 1 N–H and O–H groups in total. The third-order valence-electron chi connectivity index (χ3n) is 7.92. The second-order valence-corrected chi connectivity index (χ2v) is 10.3. The Kier molecular flexibility index (Phi) is 8.81. The fourth-order valence-electron chi connectivity index (χ4n) is 5.55. The van der Waals surface area contributed by atoms with Gasteiger partial charge in [-0.05, 0) is 50.8 Å². The van der Waals surface area contributed by atoms with Gasteiger partial charge in [0.1, 0.15) is 25.0 Å². The standard InChI is InChI=1S/C27H35F4N7O/c1-36(20(15-28)16-29)19-8-6-18(7-9-19)17-32-27-34-23(37-10-12-39-13-11-37)14-24(35-27)38-22-5-3-2-4-21(22)33-26(38)25(30)31/h2-5,14,18-20,25H,6-13,15-17H2,1H3,(H,32,34,35)/t18-,19-. The van der Waals surface area contributed by atoms with Crippen molar-refractivity contribution in [2.24, 2.45) is 5.92 Å². The average Bonchev–Trinajstić information content (AvgIpc) is 3.37. The Morgan fingerprint density at radius 1 is 1.00 bits per heavy atom. The predicted molar refractivity (Wildman–Crippen MR) is 142 cm³/mol. The third kappa shape index (κ3) is 6.11. The lowest BCUT2D eigenvalue weighted by Gasteiger charge is -2.37. The number of para-hydroxylation sites is 2. The zero-order chi connectivity index (χ0) is 27.4. The molecule has 0 bridgehead atoms. The molecule has 2 aliphatic rings. The second-order valence-electron chi connectivity index (χ2n) is 10.3. The van der Waals surface area contributed by atoms with Crippen molar-refractivity contribution in [2.45, 2.75) is 44.2 Å². The van der Waals surface area contributed by atoms with Crippen LogP contribution < -0.4 is 10.2 Å². The van der Waals surface area contributed by atoms with Gasteiger partial charge in [-0.15, -0.1) is 0 Å². The van der Waals surface area contributed by atoms with Crippen LogP contribution in [0.15, 0.2) is 30.3 Å². The lowest BCUT2D eigenvalue weighted by atomic mass is 9.85. The summed E-state index contributed by atoms with van der Waals surface area (Å²) in [5, 5.41) is 3.35. The SMILES string of the molecule is CN(C(CF)CF)[C@H]1CC[C@H](CNc2nc(N3CCOCC3)cc(-n3c(C(F)F)nc4ccccc43)n2)CC1. The van der Waals surface area contributed by atoms with Gasteiger partial charge in [0.05, 0.1) is 30.3 Å². The predicted octanol–water partition coefficient (Wildman–Crippen LogP) is 4.80. The molecule has 212 valence electrons.